The fraction of sp³-hybridized carbons (Fsp3) is 0.391. The highest BCUT2D eigenvalue weighted by Crippen LogP contribution is 2.39. The molecular weight excluding hydrogens is 477 g/mol. The number of amides is 2. The van der Waals surface area contributed by atoms with Crippen molar-refractivity contribution in [1.29, 1.82) is 0 Å². The van der Waals surface area contributed by atoms with E-state index in [1.165, 1.54) is 11.0 Å². The van der Waals surface area contributed by atoms with Gasteiger partial charge in [0.25, 0.3) is 0 Å². The smallest absolute Gasteiger partial charge is 0.418 e. The van der Waals surface area contributed by atoms with E-state index in [1.54, 1.807) is 0 Å². The molecule has 35 heavy (non-hydrogen) atoms. The minimum absolute atomic E-state index is 0.00769. The van der Waals surface area contributed by atoms with Crippen LogP contribution in [0.1, 0.15) is 30.4 Å². The van der Waals surface area contributed by atoms with Crippen molar-refractivity contribution < 1.29 is 41.4 Å². The Balaban J connectivity index is 1.54. The summed E-state index contributed by atoms with van der Waals surface area (Å²) in [4.78, 5) is 24.5. The summed E-state index contributed by atoms with van der Waals surface area (Å²) in [5.41, 5.74) is -1.98. The first-order chi connectivity index (χ1) is 16.5. The first-order valence-corrected chi connectivity index (χ1v) is 10.8. The van der Waals surface area contributed by atoms with Crippen LogP contribution in [0.25, 0.3) is 0 Å². The zero-order valence-electron chi connectivity index (χ0n) is 18.3. The highest BCUT2D eigenvalue weighted by Gasteiger charge is 2.40. The molecule has 0 spiro atoms. The second-order valence-corrected chi connectivity index (χ2v) is 8.59. The highest BCUT2D eigenvalue weighted by molar-refractivity contribution is 5.94. The summed E-state index contributed by atoms with van der Waals surface area (Å²) in [5, 5.41) is 14.3. The van der Waals surface area contributed by atoms with Crippen LogP contribution in [0, 0.1) is 11.6 Å². The third-order valence-corrected chi connectivity index (χ3v) is 6.29. The topological polar surface area (TPSA) is 90.9 Å². The van der Waals surface area contributed by atoms with Gasteiger partial charge in [0.1, 0.15) is 24.0 Å². The van der Waals surface area contributed by atoms with E-state index in [4.69, 9.17) is 4.74 Å². The van der Waals surface area contributed by atoms with Gasteiger partial charge in [-0.1, -0.05) is 0 Å². The van der Waals surface area contributed by atoms with Gasteiger partial charge in [0.2, 0.25) is 5.91 Å². The quantitative estimate of drug-likeness (QED) is 0.525. The molecule has 0 bridgehead atoms. The van der Waals surface area contributed by atoms with Crippen molar-refractivity contribution in [1.82, 2.24) is 5.32 Å². The number of ether oxygens (including phenoxy) is 1. The molecule has 2 amide bonds. The number of carbonyl (C=O) groups is 2. The first kappa shape index (κ1) is 24.6. The Labute approximate surface area is 196 Å². The van der Waals surface area contributed by atoms with E-state index in [0.717, 1.165) is 18.2 Å². The molecule has 2 aromatic rings. The predicted molar refractivity (Wildman–Crippen MR) is 116 cm³/mol. The number of anilines is 2. The number of carboxylic acid groups (broad SMARTS) is 1. The fourth-order valence-corrected chi connectivity index (χ4v) is 4.49. The lowest BCUT2D eigenvalue weighted by atomic mass is 9.87. The van der Waals surface area contributed by atoms with E-state index in [0.29, 0.717) is 11.6 Å². The predicted octanol–water partition coefficient (Wildman–Crippen LogP) is 4.55. The van der Waals surface area contributed by atoms with E-state index in [9.17, 15) is 36.6 Å². The van der Waals surface area contributed by atoms with E-state index < -0.39 is 35.0 Å². The monoisotopic (exact) mass is 499 g/mol. The molecule has 0 aliphatic carbocycles. The van der Waals surface area contributed by atoms with Crippen LogP contribution >= 0.6 is 0 Å². The number of benzene rings is 2. The molecule has 0 aromatic heterocycles. The maximum absolute atomic E-state index is 14.1. The average molecular weight is 499 g/mol. The van der Waals surface area contributed by atoms with Crippen LogP contribution in [0.5, 0.6) is 5.75 Å². The number of hydrogen-bond acceptors (Lipinski definition) is 4. The van der Waals surface area contributed by atoms with E-state index in [1.807, 2.05) is 0 Å². The number of fused-ring (bicyclic) bond motifs is 1. The number of nitrogens with one attached hydrogen (secondary N) is 2. The summed E-state index contributed by atoms with van der Waals surface area (Å²) in [6, 6.07) is 4.75. The van der Waals surface area contributed by atoms with Crippen LogP contribution in [-0.4, -0.2) is 42.3 Å². The Morgan fingerprint density at radius 2 is 1.86 bits per heavy atom. The molecular formula is C23H22F5N3O4. The first-order valence-electron chi connectivity index (χ1n) is 10.8. The molecule has 2 aliphatic heterocycles. The molecule has 0 saturated carbocycles. The zero-order chi connectivity index (χ0) is 25.4. The summed E-state index contributed by atoms with van der Waals surface area (Å²) in [6.07, 6.45) is -5.49. The zero-order valence-corrected chi connectivity index (χ0v) is 18.3. The molecule has 188 valence electrons. The lowest BCUT2D eigenvalue weighted by molar-refractivity contribution is -0.137. The van der Waals surface area contributed by atoms with Gasteiger partial charge in [-0.25, -0.2) is 13.6 Å². The van der Waals surface area contributed by atoms with E-state index in [2.05, 4.69) is 10.6 Å². The molecule has 7 nitrogen and oxygen atoms in total. The van der Waals surface area contributed by atoms with Gasteiger partial charge in [-0.15, -0.1) is 0 Å². The lowest BCUT2D eigenvalue weighted by Gasteiger charge is -2.42. The number of carbonyl (C=O) groups excluding carboxylic acids is 1. The minimum atomic E-state index is -4.68. The van der Waals surface area contributed by atoms with Gasteiger partial charge >= 0.3 is 12.3 Å². The van der Waals surface area contributed by atoms with Gasteiger partial charge < -0.3 is 25.4 Å². The molecule has 0 atom stereocenters. The highest BCUT2D eigenvalue weighted by atomic mass is 19.4. The molecule has 1 saturated heterocycles. The Bertz CT molecular complexity index is 1150. The van der Waals surface area contributed by atoms with E-state index in [-0.39, 0.29) is 68.4 Å². The molecule has 0 radical (unpaired) electrons. The van der Waals surface area contributed by atoms with Gasteiger partial charge in [-0.3, -0.25) is 4.79 Å². The maximum Gasteiger partial charge on any atom is 0.418 e. The van der Waals surface area contributed by atoms with Crippen molar-refractivity contribution in [2.24, 2.45) is 0 Å². The SMILES string of the molecule is O=C(O)NC1(COc2ccc(F)c3c2CCC(=O)N3)CCN(c2cc(F)ccc2C(F)(F)F)CC1. The Morgan fingerprint density at radius 1 is 1.14 bits per heavy atom. The molecule has 1 fully saturated rings. The van der Waals surface area contributed by atoms with Crippen molar-refractivity contribution in [3.8, 4) is 5.75 Å². The summed E-state index contributed by atoms with van der Waals surface area (Å²) in [7, 11) is 0. The number of hydrogen-bond donors (Lipinski definition) is 3. The van der Waals surface area contributed by atoms with Crippen molar-refractivity contribution in [3.05, 3.63) is 53.1 Å². The van der Waals surface area contributed by atoms with Crippen molar-refractivity contribution >= 4 is 23.4 Å². The van der Waals surface area contributed by atoms with Crippen molar-refractivity contribution in [2.45, 2.75) is 37.4 Å². The normalized spacial score (nSPS) is 17.4. The lowest BCUT2D eigenvalue weighted by Crippen LogP contribution is -2.58. The van der Waals surface area contributed by atoms with Gasteiger partial charge in [0, 0.05) is 25.1 Å². The third-order valence-electron chi connectivity index (χ3n) is 6.29. The van der Waals surface area contributed by atoms with Crippen LogP contribution in [0.4, 0.5) is 38.1 Å². The minimum Gasteiger partial charge on any atom is -0.491 e. The van der Waals surface area contributed by atoms with Crippen molar-refractivity contribution in [2.75, 3.05) is 29.9 Å². The number of alkyl halides is 3. The second kappa shape index (κ2) is 9.23. The Morgan fingerprint density at radius 3 is 2.51 bits per heavy atom. The standard InChI is InChI=1S/C23H22F5N3O4/c24-13-1-3-15(23(26,27)28)17(11-13)31-9-7-22(8-10-31,30-21(33)34)12-35-18-5-4-16(25)20-14(18)2-6-19(32)29-20/h1,3-5,11,30H,2,6-10,12H2,(H,29,32)(H,33,34). The number of nitrogens with zero attached hydrogens (tertiary/aromatic N) is 1. The maximum atomic E-state index is 14.1. The fourth-order valence-electron chi connectivity index (χ4n) is 4.49. The summed E-state index contributed by atoms with van der Waals surface area (Å²) in [5.74, 6) is -1.49. The number of halogens is 5. The van der Waals surface area contributed by atoms with Crippen LogP contribution in [0.15, 0.2) is 30.3 Å². The van der Waals surface area contributed by atoms with Crippen molar-refractivity contribution in [3.63, 3.8) is 0 Å². The van der Waals surface area contributed by atoms with Gasteiger partial charge in [0.15, 0.2) is 0 Å². The molecule has 2 aromatic carbocycles. The second-order valence-electron chi connectivity index (χ2n) is 8.59. The Hall–Kier alpha value is -3.57. The summed E-state index contributed by atoms with van der Waals surface area (Å²) >= 11 is 0. The molecule has 2 heterocycles. The van der Waals surface area contributed by atoms with Gasteiger partial charge in [-0.2, -0.15) is 13.2 Å². The largest absolute Gasteiger partial charge is 0.491 e. The number of rotatable bonds is 5. The van der Waals surface area contributed by atoms with E-state index >= 15 is 0 Å². The molecule has 2 aliphatic rings. The molecule has 0 unspecified atom stereocenters. The summed E-state index contributed by atoms with van der Waals surface area (Å²) in [6.45, 7) is -0.157. The summed E-state index contributed by atoms with van der Waals surface area (Å²) < 4.78 is 74.1. The molecule has 12 heteroatoms. The number of piperidine rings is 1. The third kappa shape index (κ3) is 5.25. The van der Waals surface area contributed by atoms with Crippen LogP contribution in [0.3, 0.4) is 0 Å². The van der Waals surface area contributed by atoms with Gasteiger partial charge in [0.05, 0.1) is 22.5 Å². The average Bonchev–Trinajstić information content (AvgIpc) is 2.78. The Kier molecular flexibility index (Phi) is 6.48. The molecule has 3 N–H and O–H groups in total. The van der Waals surface area contributed by atoms with Crippen LogP contribution in [-0.2, 0) is 17.4 Å². The van der Waals surface area contributed by atoms with Crippen LogP contribution in [0.2, 0.25) is 0 Å². The van der Waals surface area contributed by atoms with Crippen LogP contribution < -0.4 is 20.3 Å². The van der Waals surface area contributed by atoms with Gasteiger partial charge in [-0.05, 0) is 49.6 Å². The molecule has 4 rings (SSSR count).